The summed E-state index contributed by atoms with van der Waals surface area (Å²) in [6.45, 7) is 2.33. The molecule has 0 aliphatic carbocycles. The van der Waals surface area contributed by atoms with E-state index in [0.717, 1.165) is 22.3 Å². The van der Waals surface area contributed by atoms with Crippen molar-refractivity contribution < 1.29 is 37.6 Å². The molecule has 5 aromatic rings. The minimum Gasteiger partial charge on any atom is -0.491 e. The molecule has 16 heteroatoms. The molecule has 0 aliphatic rings. The Morgan fingerprint density at radius 2 is 0.833 bits per heavy atom. The van der Waals surface area contributed by atoms with Gasteiger partial charge >= 0.3 is 0 Å². The zero-order valence-electron chi connectivity index (χ0n) is 27.1. The summed E-state index contributed by atoms with van der Waals surface area (Å²) < 4.78 is 41.0. The molecule has 2 aromatic heterocycles. The molecule has 0 atom stereocenters. The van der Waals surface area contributed by atoms with Crippen molar-refractivity contribution in [1.82, 2.24) is 9.97 Å². The van der Waals surface area contributed by atoms with Gasteiger partial charge in [0, 0.05) is 57.4 Å². The number of ether oxygens (including phenoxy) is 4. The Labute approximate surface area is 280 Å². The summed E-state index contributed by atoms with van der Waals surface area (Å²) in [4.78, 5) is 49.4. The Balaban J connectivity index is 0.000000284. The van der Waals surface area contributed by atoms with Crippen LogP contribution in [-0.2, 0) is 31.1 Å². The van der Waals surface area contributed by atoms with E-state index in [0.29, 0.717) is 39.6 Å². The van der Waals surface area contributed by atoms with Crippen molar-refractivity contribution in [3.63, 3.8) is 0 Å². The van der Waals surface area contributed by atoms with Gasteiger partial charge in [-0.2, -0.15) is 0 Å². The van der Waals surface area contributed by atoms with E-state index in [1.807, 2.05) is 36.4 Å². The second kappa shape index (κ2) is 21.0. The summed E-state index contributed by atoms with van der Waals surface area (Å²) in [5.74, 6) is 1.53. The highest BCUT2D eigenvalue weighted by atomic mass is 32.2. The summed E-state index contributed by atoms with van der Waals surface area (Å²) in [7, 11) is -1.22. The molecule has 262 valence electrons. The summed E-state index contributed by atoms with van der Waals surface area (Å²) >= 11 is 0. The lowest BCUT2D eigenvalue weighted by Gasteiger charge is -2.13. The summed E-state index contributed by atoms with van der Waals surface area (Å²) in [6, 6.07) is 14.1. The minimum absolute atomic E-state index is 0.0109. The van der Waals surface area contributed by atoms with Crippen LogP contribution in [0.3, 0.4) is 0 Å². The second-order valence-electron chi connectivity index (χ2n) is 9.97. The first kappa shape index (κ1) is 40.1. The molecule has 0 bridgehead atoms. The van der Waals surface area contributed by atoms with Crippen LogP contribution in [0.1, 0.15) is 0 Å². The highest BCUT2D eigenvalue weighted by molar-refractivity contribution is 7.83. The first-order chi connectivity index (χ1) is 22.9. The van der Waals surface area contributed by atoms with Crippen LogP contribution < -0.4 is 31.7 Å². The molecule has 2 heterocycles. The highest BCUT2D eigenvalue weighted by Crippen LogP contribution is 2.32. The second-order valence-corrected chi connectivity index (χ2v) is 12.9. The molecule has 14 nitrogen and oxygen atoms in total. The summed E-state index contributed by atoms with van der Waals surface area (Å²) in [5.41, 5.74) is -2.19. The maximum Gasteiger partial charge on any atom is 0.258 e. The van der Waals surface area contributed by atoms with Crippen molar-refractivity contribution in [3.05, 3.63) is 89.9 Å². The van der Waals surface area contributed by atoms with Crippen LogP contribution in [0.25, 0.3) is 32.3 Å². The number of H-pyrrole nitrogens is 2. The quantitative estimate of drug-likeness (QED) is 0.131. The molecule has 0 unspecified atom stereocenters. The third-order valence-electron chi connectivity index (χ3n) is 5.87. The molecule has 4 N–H and O–H groups in total. The Morgan fingerprint density at radius 1 is 0.521 bits per heavy atom. The predicted molar refractivity (Wildman–Crippen MR) is 188 cm³/mol. The molecular weight excluding hydrogens is 668 g/mol. The normalized spacial score (nSPS) is 10.8. The number of nitrogens with one attached hydrogen (secondary N) is 2. The number of rotatable bonds is 12. The molecule has 0 aliphatic heterocycles. The number of aliphatic hydroxyl groups excluding tert-OH is 2. The minimum atomic E-state index is -0.611. The van der Waals surface area contributed by atoms with Gasteiger partial charge < -0.3 is 29.2 Å². The molecule has 0 saturated heterocycles. The van der Waals surface area contributed by atoms with Gasteiger partial charge in [-0.3, -0.25) is 37.6 Å². The molecule has 0 fully saturated rings. The van der Waals surface area contributed by atoms with Crippen molar-refractivity contribution in [2.24, 2.45) is 0 Å². The van der Waals surface area contributed by atoms with Gasteiger partial charge in [-0.15, -0.1) is 0 Å². The number of hydrogen-bond acceptors (Lipinski definition) is 12. The number of hydrogen-bond donors (Lipinski definition) is 4. The van der Waals surface area contributed by atoms with Gasteiger partial charge in [0.25, 0.3) is 22.2 Å². The Morgan fingerprint density at radius 3 is 1.12 bits per heavy atom. The van der Waals surface area contributed by atoms with Gasteiger partial charge in [-0.1, -0.05) is 24.3 Å². The summed E-state index contributed by atoms with van der Waals surface area (Å²) in [6.07, 6.45) is 6.56. The van der Waals surface area contributed by atoms with Gasteiger partial charge in [0.1, 0.15) is 24.7 Å². The van der Waals surface area contributed by atoms with E-state index in [4.69, 9.17) is 29.2 Å². The molecule has 0 spiro atoms. The molecule has 0 radical (unpaired) electrons. The number of aliphatic hydroxyl groups is 2. The fraction of sp³-hybridized carbons (Fsp3) is 0.375. The Hall–Kier alpha value is -4.06. The fourth-order valence-corrected chi connectivity index (χ4v) is 4.09. The number of aromatic nitrogens is 2. The SMILES string of the molecule is CS(C)=O.CS(C)=O.O=c1[nH]c(=O)c2cc3c(=O)[nH]c(=O)c3cc12.OCCOCCOc1cccc2c(OCCOCCO)cccc12. The molecule has 0 amide bonds. The van der Waals surface area contributed by atoms with Gasteiger partial charge in [-0.25, -0.2) is 0 Å². The highest BCUT2D eigenvalue weighted by Gasteiger charge is 2.12. The van der Waals surface area contributed by atoms with E-state index < -0.39 is 43.8 Å². The zero-order valence-corrected chi connectivity index (χ0v) is 28.7. The monoisotopic (exact) mass is 708 g/mol. The van der Waals surface area contributed by atoms with Gasteiger partial charge in [0.2, 0.25) is 0 Å². The standard InChI is InChI=1S/C18H24O6.C10H4N2O4.2C2H6OS/c19-7-9-21-11-13-23-17-5-1-3-15-16(17)4-2-6-18(15)24-14-12-22-10-8-20;13-7-3-1-4-6(10(16)12-8(4)14)2-5(3)9(15)11-7;2*1-4(2)3/h1-6,19-20H,7-14H2;1-2H,(H,11,13,15)(H,12,14,16);2*1-2H3. The van der Waals surface area contributed by atoms with Crippen LogP contribution in [0.5, 0.6) is 11.5 Å². The van der Waals surface area contributed by atoms with Crippen molar-refractivity contribution in [1.29, 1.82) is 0 Å². The molecular formula is C32H40N2O12S2. The molecule has 0 saturated carbocycles. The predicted octanol–water partition coefficient (Wildman–Crippen LogP) is 0.570. The average Bonchev–Trinajstić information content (AvgIpc) is 3.48. The summed E-state index contributed by atoms with van der Waals surface area (Å²) in [5, 5.41) is 19.8. The molecule has 5 rings (SSSR count). The van der Waals surface area contributed by atoms with Crippen LogP contribution >= 0.6 is 0 Å². The van der Waals surface area contributed by atoms with Crippen molar-refractivity contribution in [2.75, 3.05) is 77.9 Å². The maximum absolute atomic E-state index is 11.3. The topological polar surface area (TPSA) is 211 Å². The fourth-order valence-electron chi connectivity index (χ4n) is 4.09. The molecule has 3 aromatic carbocycles. The number of fused-ring (bicyclic) bond motifs is 3. The lowest BCUT2D eigenvalue weighted by molar-refractivity contribution is 0.0705. The first-order valence-corrected chi connectivity index (χ1v) is 18.4. The van der Waals surface area contributed by atoms with Gasteiger partial charge in [-0.05, 0) is 24.3 Å². The zero-order chi connectivity index (χ0) is 35.6. The third-order valence-corrected chi connectivity index (χ3v) is 5.87. The van der Waals surface area contributed by atoms with E-state index in [1.165, 1.54) is 12.1 Å². The molecule has 48 heavy (non-hydrogen) atoms. The van der Waals surface area contributed by atoms with E-state index in [9.17, 15) is 27.6 Å². The van der Waals surface area contributed by atoms with Crippen LogP contribution in [0.2, 0.25) is 0 Å². The largest absolute Gasteiger partial charge is 0.491 e. The van der Waals surface area contributed by atoms with E-state index in [1.54, 1.807) is 25.0 Å². The van der Waals surface area contributed by atoms with Gasteiger partial charge in [0.05, 0.1) is 61.2 Å². The van der Waals surface area contributed by atoms with Crippen LogP contribution in [0.15, 0.2) is 67.7 Å². The van der Waals surface area contributed by atoms with Crippen molar-refractivity contribution >= 4 is 53.9 Å². The van der Waals surface area contributed by atoms with E-state index in [-0.39, 0.29) is 34.8 Å². The average molecular weight is 709 g/mol. The third kappa shape index (κ3) is 12.9. The smallest absolute Gasteiger partial charge is 0.258 e. The van der Waals surface area contributed by atoms with Crippen LogP contribution in [-0.4, -0.2) is 106 Å². The first-order valence-electron chi connectivity index (χ1n) is 14.4. The van der Waals surface area contributed by atoms with Crippen LogP contribution in [0, 0.1) is 0 Å². The van der Waals surface area contributed by atoms with Crippen LogP contribution in [0.4, 0.5) is 0 Å². The lowest BCUT2D eigenvalue weighted by atomic mass is 10.1. The van der Waals surface area contributed by atoms with E-state index in [2.05, 4.69) is 9.97 Å². The van der Waals surface area contributed by atoms with E-state index >= 15 is 0 Å². The van der Waals surface area contributed by atoms with Gasteiger partial charge in [0.15, 0.2) is 0 Å². The Bertz CT molecular complexity index is 1780. The lowest BCUT2D eigenvalue weighted by Crippen LogP contribution is -2.10. The van der Waals surface area contributed by atoms with Crippen molar-refractivity contribution in [3.8, 4) is 11.5 Å². The number of aromatic amines is 2. The number of benzene rings is 3. The Kier molecular flexibility index (Phi) is 17.6. The van der Waals surface area contributed by atoms with Crippen molar-refractivity contribution in [2.45, 2.75) is 0 Å². The maximum atomic E-state index is 11.3.